The van der Waals surface area contributed by atoms with Crippen LogP contribution in [-0.2, 0) is 6.42 Å². The number of aromatic nitrogens is 1. The highest BCUT2D eigenvalue weighted by atomic mass is 16.5. The average Bonchev–Trinajstić information content (AvgIpc) is 3.06. The first kappa shape index (κ1) is 17.4. The molecule has 0 saturated carbocycles. The Hall–Kier alpha value is -2.40. The zero-order chi connectivity index (χ0) is 18.0. The van der Waals surface area contributed by atoms with Gasteiger partial charge >= 0.3 is 0 Å². The minimum atomic E-state index is -0.934. The van der Waals surface area contributed by atoms with Crippen molar-refractivity contribution in [2.75, 3.05) is 19.7 Å². The van der Waals surface area contributed by atoms with Crippen molar-refractivity contribution >= 4 is 5.91 Å². The van der Waals surface area contributed by atoms with Gasteiger partial charge in [0.25, 0.3) is 5.91 Å². The largest absolute Gasteiger partial charge is 0.493 e. The first-order chi connectivity index (χ1) is 11.9. The number of aliphatic hydroxyl groups is 1. The predicted octanol–water partition coefficient (Wildman–Crippen LogP) is 2.92. The van der Waals surface area contributed by atoms with Gasteiger partial charge in [-0.2, -0.15) is 0 Å². The van der Waals surface area contributed by atoms with E-state index in [9.17, 15) is 9.90 Å². The number of rotatable bonds is 5. The summed E-state index contributed by atoms with van der Waals surface area (Å²) in [5, 5.41) is 10.0. The van der Waals surface area contributed by atoms with Crippen molar-refractivity contribution < 1.29 is 14.6 Å². The van der Waals surface area contributed by atoms with Gasteiger partial charge in [-0.1, -0.05) is 6.07 Å². The van der Waals surface area contributed by atoms with Crippen molar-refractivity contribution in [3.05, 3.63) is 47.8 Å². The van der Waals surface area contributed by atoms with E-state index in [0.29, 0.717) is 12.1 Å². The van der Waals surface area contributed by atoms with Gasteiger partial charge < -0.3 is 14.7 Å². The molecule has 1 aromatic heterocycles. The fourth-order valence-electron chi connectivity index (χ4n) is 3.06. The molecule has 1 N–H and O–H groups in total. The number of amides is 1. The molecule has 0 radical (unpaired) electrons. The Balaban J connectivity index is 1.87. The summed E-state index contributed by atoms with van der Waals surface area (Å²) in [6.07, 6.45) is 4.25. The molecule has 0 saturated heterocycles. The van der Waals surface area contributed by atoms with Gasteiger partial charge in [-0.25, -0.2) is 0 Å². The van der Waals surface area contributed by atoms with Crippen LogP contribution in [0, 0.1) is 0 Å². The number of hydrogen-bond acceptors (Lipinski definition) is 4. The van der Waals surface area contributed by atoms with E-state index in [-0.39, 0.29) is 12.5 Å². The molecule has 2 aromatic rings. The number of benzene rings is 1. The number of carbonyl (C=O) groups excluding carboxylic acids is 1. The molecule has 0 aliphatic carbocycles. The van der Waals surface area contributed by atoms with Gasteiger partial charge in [0.15, 0.2) is 0 Å². The predicted molar refractivity (Wildman–Crippen MR) is 96.7 cm³/mol. The third-order valence-electron chi connectivity index (χ3n) is 4.25. The molecule has 132 valence electrons. The third-order valence-corrected chi connectivity index (χ3v) is 4.25. The van der Waals surface area contributed by atoms with E-state index < -0.39 is 5.60 Å². The molecule has 3 rings (SSSR count). The highest BCUT2D eigenvalue weighted by Crippen LogP contribution is 2.30. The molecule has 0 spiro atoms. The first-order valence-electron chi connectivity index (χ1n) is 8.60. The molecule has 1 aliphatic heterocycles. The van der Waals surface area contributed by atoms with Crippen molar-refractivity contribution in [2.24, 2.45) is 0 Å². The minimum Gasteiger partial charge on any atom is -0.493 e. The SMILES string of the molecule is CCN(CC(C)(C)O)C(=O)c1cncc(-c2ccc3c(c2)CCO3)c1. The van der Waals surface area contributed by atoms with Crippen LogP contribution in [0.3, 0.4) is 0 Å². The summed E-state index contributed by atoms with van der Waals surface area (Å²) < 4.78 is 5.54. The molecular formula is C20H24N2O3. The summed E-state index contributed by atoms with van der Waals surface area (Å²) in [5.41, 5.74) is 2.71. The van der Waals surface area contributed by atoms with Gasteiger partial charge in [-0.15, -0.1) is 0 Å². The Labute approximate surface area is 148 Å². The fraction of sp³-hybridized carbons (Fsp3) is 0.400. The van der Waals surface area contributed by atoms with Gasteiger partial charge in [-0.3, -0.25) is 9.78 Å². The van der Waals surface area contributed by atoms with Crippen LogP contribution in [0.15, 0.2) is 36.7 Å². The lowest BCUT2D eigenvalue weighted by molar-refractivity contribution is 0.0314. The second-order valence-corrected chi connectivity index (χ2v) is 7.02. The lowest BCUT2D eigenvalue weighted by atomic mass is 10.0. The molecule has 0 unspecified atom stereocenters. The number of fused-ring (bicyclic) bond motifs is 1. The van der Waals surface area contributed by atoms with Crippen LogP contribution in [0.25, 0.3) is 11.1 Å². The molecule has 1 amide bonds. The van der Waals surface area contributed by atoms with Crippen LogP contribution < -0.4 is 4.74 Å². The Kier molecular flexibility index (Phi) is 4.77. The van der Waals surface area contributed by atoms with E-state index in [0.717, 1.165) is 29.9 Å². The molecule has 0 bridgehead atoms. The lowest BCUT2D eigenvalue weighted by Crippen LogP contribution is -2.42. The Morgan fingerprint density at radius 3 is 2.80 bits per heavy atom. The van der Waals surface area contributed by atoms with Crippen molar-refractivity contribution in [1.82, 2.24) is 9.88 Å². The second-order valence-electron chi connectivity index (χ2n) is 7.02. The van der Waals surface area contributed by atoms with Gasteiger partial charge in [0.2, 0.25) is 0 Å². The van der Waals surface area contributed by atoms with Gasteiger partial charge in [0.05, 0.1) is 17.8 Å². The lowest BCUT2D eigenvalue weighted by Gasteiger charge is -2.28. The smallest absolute Gasteiger partial charge is 0.255 e. The van der Waals surface area contributed by atoms with E-state index in [1.54, 1.807) is 31.1 Å². The molecule has 0 atom stereocenters. The maximum absolute atomic E-state index is 12.8. The molecular weight excluding hydrogens is 316 g/mol. The van der Waals surface area contributed by atoms with E-state index >= 15 is 0 Å². The number of nitrogens with zero attached hydrogens (tertiary/aromatic N) is 2. The normalized spacial score (nSPS) is 13.3. The third kappa shape index (κ3) is 3.99. The molecule has 1 aromatic carbocycles. The van der Waals surface area contributed by atoms with Crippen molar-refractivity contribution in [3.63, 3.8) is 0 Å². The number of hydrogen-bond donors (Lipinski definition) is 1. The second kappa shape index (κ2) is 6.84. The fourth-order valence-corrected chi connectivity index (χ4v) is 3.06. The summed E-state index contributed by atoms with van der Waals surface area (Å²) in [6, 6.07) is 7.92. The zero-order valence-electron chi connectivity index (χ0n) is 15.0. The van der Waals surface area contributed by atoms with Crippen molar-refractivity contribution in [2.45, 2.75) is 32.8 Å². The van der Waals surface area contributed by atoms with Crippen molar-refractivity contribution in [3.8, 4) is 16.9 Å². The maximum Gasteiger partial charge on any atom is 0.255 e. The van der Waals surface area contributed by atoms with Crippen LogP contribution in [0.1, 0.15) is 36.7 Å². The van der Waals surface area contributed by atoms with E-state index in [1.807, 2.05) is 25.1 Å². The summed E-state index contributed by atoms with van der Waals surface area (Å²) in [4.78, 5) is 18.7. The monoisotopic (exact) mass is 340 g/mol. The average molecular weight is 340 g/mol. The van der Waals surface area contributed by atoms with Gasteiger partial charge in [0.1, 0.15) is 5.75 Å². The van der Waals surface area contributed by atoms with Gasteiger partial charge in [0, 0.05) is 37.5 Å². The maximum atomic E-state index is 12.8. The summed E-state index contributed by atoms with van der Waals surface area (Å²) in [6.45, 7) is 6.83. The molecule has 0 fully saturated rings. The summed E-state index contributed by atoms with van der Waals surface area (Å²) in [5.74, 6) is 0.815. The highest BCUT2D eigenvalue weighted by molar-refractivity contribution is 5.95. The van der Waals surface area contributed by atoms with E-state index in [4.69, 9.17) is 4.74 Å². The number of likely N-dealkylation sites (N-methyl/N-ethyl adjacent to an activating group) is 1. The molecule has 2 heterocycles. The molecule has 1 aliphatic rings. The molecule has 5 nitrogen and oxygen atoms in total. The van der Waals surface area contributed by atoms with Crippen molar-refractivity contribution in [1.29, 1.82) is 0 Å². The zero-order valence-corrected chi connectivity index (χ0v) is 15.0. The van der Waals surface area contributed by atoms with Crippen LogP contribution in [0.2, 0.25) is 0 Å². The number of ether oxygens (including phenoxy) is 1. The first-order valence-corrected chi connectivity index (χ1v) is 8.60. The number of carbonyl (C=O) groups is 1. The minimum absolute atomic E-state index is 0.122. The molecule has 25 heavy (non-hydrogen) atoms. The number of pyridine rings is 1. The van der Waals surface area contributed by atoms with Crippen LogP contribution >= 0.6 is 0 Å². The van der Waals surface area contributed by atoms with E-state index in [1.165, 1.54) is 5.56 Å². The van der Waals surface area contributed by atoms with E-state index in [2.05, 4.69) is 11.1 Å². The Morgan fingerprint density at radius 1 is 1.28 bits per heavy atom. The summed E-state index contributed by atoms with van der Waals surface area (Å²) in [7, 11) is 0. The Morgan fingerprint density at radius 2 is 2.08 bits per heavy atom. The summed E-state index contributed by atoms with van der Waals surface area (Å²) >= 11 is 0. The van der Waals surface area contributed by atoms with Crippen LogP contribution in [-0.4, -0.2) is 46.2 Å². The topological polar surface area (TPSA) is 62.7 Å². The van der Waals surface area contributed by atoms with Gasteiger partial charge in [-0.05, 0) is 50.1 Å². The van der Waals surface area contributed by atoms with Crippen LogP contribution in [0.4, 0.5) is 0 Å². The standard InChI is InChI=1S/C20H24N2O3/c1-4-22(13-20(2,3)24)19(23)17-10-16(11-21-12-17)14-5-6-18-15(9-14)7-8-25-18/h5-6,9-12,24H,4,7-8,13H2,1-3H3. The van der Waals surface area contributed by atoms with Crippen LogP contribution in [0.5, 0.6) is 5.75 Å². The highest BCUT2D eigenvalue weighted by Gasteiger charge is 2.23. The quantitative estimate of drug-likeness (QED) is 0.909. The Bertz CT molecular complexity index is 781. The molecule has 5 heteroatoms.